The number of aliphatic hydroxyl groups excluding tert-OH is 1. The van der Waals surface area contributed by atoms with Crippen LogP contribution in [0.4, 0.5) is 13.2 Å². The summed E-state index contributed by atoms with van der Waals surface area (Å²) in [7, 11) is 0. The summed E-state index contributed by atoms with van der Waals surface area (Å²) < 4.78 is 39.5. The van der Waals surface area contributed by atoms with Gasteiger partial charge in [-0.3, -0.25) is 10.1 Å². The molecule has 8 heteroatoms. The van der Waals surface area contributed by atoms with Crippen molar-refractivity contribution >= 4 is 10.9 Å². The van der Waals surface area contributed by atoms with Crippen molar-refractivity contribution < 1.29 is 18.3 Å². The Morgan fingerprint density at radius 2 is 1.96 bits per heavy atom. The van der Waals surface area contributed by atoms with Crippen molar-refractivity contribution in [3.8, 4) is 11.1 Å². The Labute approximate surface area is 141 Å². The number of benzene rings is 1. The van der Waals surface area contributed by atoms with Gasteiger partial charge < -0.3 is 10.4 Å². The van der Waals surface area contributed by atoms with Crippen molar-refractivity contribution in [2.45, 2.75) is 19.6 Å². The Morgan fingerprint density at radius 1 is 1.16 bits per heavy atom. The topological polar surface area (TPSA) is 73.8 Å². The zero-order chi connectivity index (χ0) is 18.0. The van der Waals surface area contributed by atoms with Gasteiger partial charge in [0.15, 0.2) is 0 Å². The van der Waals surface area contributed by atoms with E-state index in [-0.39, 0.29) is 6.61 Å². The molecule has 0 aliphatic heterocycles. The summed E-state index contributed by atoms with van der Waals surface area (Å²) in [5, 5.41) is 18.9. The third kappa shape index (κ3) is 3.64. The maximum atomic E-state index is 13.2. The average Bonchev–Trinajstić information content (AvgIpc) is 3.02. The number of aromatic amines is 1. The number of rotatable bonds is 5. The molecule has 0 radical (unpaired) electrons. The highest BCUT2D eigenvalue weighted by atomic mass is 19.4. The summed E-state index contributed by atoms with van der Waals surface area (Å²) in [4.78, 5) is 4.31. The number of aryl methyl sites for hydroxylation is 1. The molecule has 0 atom stereocenters. The number of halogens is 3. The lowest BCUT2D eigenvalue weighted by Crippen LogP contribution is -2.18. The molecule has 25 heavy (non-hydrogen) atoms. The van der Waals surface area contributed by atoms with Crippen LogP contribution in [0.3, 0.4) is 0 Å². The minimum Gasteiger partial charge on any atom is -0.395 e. The molecule has 2 aromatic heterocycles. The fraction of sp³-hybridized carbons (Fsp3) is 0.294. The Balaban J connectivity index is 2.05. The first kappa shape index (κ1) is 17.4. The molecule has 3 rings (SSSR count). The zero-order valence-corrected chi connectivity index (χ0v) is 13.5. The van der Waals surface area contributed by atoms with Gasteiger partial charge in [0, 0.05) is 30.2 Å². The molecular formula is C17H17F3N4O. The highest BCUT2D eigenvalue weighted by molar-refractivity contribution is 5.95. The van der Waals surface area contributed by atoms with E-state index in [1.54, 1.807) is 6.20 Å². The van der Waals surface area contributed by atoms with Crippen molar-refractivity contribution in [1.82, 2.24) is 20.5 Å². The normalized spacial score (nSPS) is 12.0. The molecule has 0 saturated heterocycles. The number of aliphatic hydroxyl groups is 1. The van der Waals surface area contributed by atoms with Gasteiger partial charge in [0.25, 0.3) is 0 Å². The van der Waals surface area contributed by atoms with Crippen LogP contribution in [-0.2, 0) is 12.7 Å². The van der Waals surface area contributed by atoms with Crippen LogP contribution < -0.4 is 5.32 Å². The molecule has 1 aromatic carbocycles. The van der Waals surface area contributed by atoms with Crippen molar-refractivity contribution in [2.24, 2.45) is 0 Å². The Kier molecular flexibility index (Phi) is 4.73. The molecule has 0 saturated carbocycles. The van der Waals surface area contributed by atoms with E-state index in [0.717, 1.165) is 23.4 Å². The summed E-state index contributed by atoms with van der Waals surface area (Å²) in [5.41, 5.74) is 2.25. The van der Waals surface area contributed by atoms with E-state index in [2.05, 4.69) is 20.5 Å². The Hall–Kier alpha value is -2.45. The van der Waals surface area contributed by atoms with E-state index in [1.807, 2.05) is 13.0 Å². The lowest BCUT2D eigenvalue weighted by Gasteiger charge is -2.13. The molecule has 0 unspecified atom stereocenters. The van der Waals surface area contributed by atoms with Gasteiger partial charge in [0.1, 0.15) is 0 Å². The SMILES string of the molecule is Cc1cc(CNCCO)ncc1-c1cc(C(F)(F)F)cc2[nH]ncc12. The molecule has 0 aliphatic carbocycles. The van der Waals surface area contributed by atoms with E-state index >= 15 is 0 Å². The predicted octanol–water partition coefficient (Wildman–Crippen LogP) is 3.03. The second-order valence-electron chi connectivity index (χ2n) is 5.74. The van der Waals surface area contributed by atoms with Gasteiger partial charge in [0.05, 0.1) is 29.6 Å². The number of aromatic nitrogens is 3. The first-order valence-electron chi connectivity index (χ1n) is 7.72. The lowest BCUT2D eigenvalue weighted by atomic mass is 9.96. The Morgan fingerprint density at radius 3 is 2.64 bits per heavy atom. The number of alkyl halides is 3. The van der Waals surface area contributed by atoms with Crippen LogP contribution >= 0.6 is 0 Å². The van der Waals surface area contributed by atoms with Gasteiger partial charge in [-0.05, 0) is 36.2 Å². The van der Waals surface area contributed by atoms with Gasteiger partial charge >= 0.3 is 6.18 Å². The van der Waals surface area contributed by atoms with Gasteiger partial charge in [-0.15, -0.1) is 0 Å². The number of hydrogen-bond acceptors (Lipinski definition) is 4. The number of hydrogen-bond donors (Lipinski definition) is 3. The molecule has 0 amide bonds. The van der Waals surface area contributed by atoms with Crippen molar-refractivity contribution in [1.29, 1.82) is 0 Å². The van der Waals surface area contributed by atoms with Crippen LogP contribution in [0, 0.1) is 6.92 Å². The number of nitrogens with one attached hydrogen (secondary N) is 2. The average molecular weight is 350 g/mol. The molecule has 5 nitrogen and oxygen atoms in total. The third-order valence-electron chi connectivity index (χ3n) is 3.94. The molecule has 3 aromatic rings. The van der Waals surface area contributed by atoms with Crippen LogP contribution in [0.2, 0.25) is 0 Å². The smallest absolute Gasteiger partial charge is 0.395 e. The van der Waals surface area contributed by atoms with E-state index < -0.39 is 11.7 Å². The molecule has 0 aliphatic rings. The second-order valence-corrected chi connectivity index (χ2v) is 5.74. The van der Waals surface area contributed by atoms with E-state index in [1.165, 1.54) is 6.20 Å². The van der Waals surface area contributed by atoms with E-state index in [9.17, 15) is 13.2 Å². The first-order valence-corrected chi connectivity index (χ1v) is 7.72. The standard InChI is InChI=1S/C17H17F3N4O/c1-10-4-12(7-21-2-3-25)22-8-14(10)13-5-11(17(18,19)20)6-16-15(13)9-23-24-16/h4-6,8-9,21,25H,2-3,7H2,1H3,(H,23,24). The summed E-state index contributed by atoms with van der Waals surface area (Å²) in [5.74, 6) is 0. The number of H-pyrrole nitrogens is 1. The third-order valence-corrected chi connectivity index (χ3v) is 3.94. The van der Waals surface area contributed by atoms with E-state index in [0.29, 0.717) is 35.1 Å². The highest BCUT2D eigenvalue weighted by Gasteiger charge is 2.32. The molecular weight excluding hydrogens is 333 g/mol. The van der Waals surface area contributed by atoms with Crippen LogP contribution in [-0.4, -0.2) is 33.4 Å². The van der Waals surface area contributed by atoms with Crippen molar-refractivity contribution in [3.63, 3.8) is 0 Å². The summed E-state index contributed by atoms with van der Waals surface area (Å²) in [6, 6.07) is 4.01. The second kappa shape index (κ2) is 6.81. The van der Waals surface area contributed by atoms with Crippen molar-refractivity contribution in [2.75, 3.05) is 13.2 Å². The largest absolute Gasteiger partial charge is 0.416 e. The van der Waals surface area contributed by atoms with Crippen molar-refractivity contribution in [3.05, 3.63) is 47.4 Å². The van der Waals surface area contributed by atoms with Crippen LogP contribution in [0.25, 0.3) is 22.0 Å². The van der Waals surface area contributed by atoms with Gasteiger partial charge in [-0.1, -0.05) is 0 Å². The maximum absolute atomic E-state index is 13.2. The highest BCUT2D eigenvalue weighted by Crippen LogP contribution is 2.37. The van der Waals surface area contributed by atoms with Crippen LogP contribution in [0.1, 0.15) is 16.8 Å². The van der Waals surface area contributed by atoms with Crippen LogP contribution in [0.15, 0.2) is 30.6 Å². The minimum absolute atomic E-state index is 0.0276. The summed E-state index contributed by atoms with van der Waals surface area (Å²) in [6.07, 6.45) is -1.35. The molecule has 0 spiro atoms. The van der Waals surface area contributed by atoms with Crippen LogP contribution in [0.5, 0.6) is 0 Å². The minimum atomic E-state index is -4.44. The molecule has 2 heterocycles. The lowest BCUT2D eigenvalue weighted by molar-refractivity contribution is -0.137. The molecule has 3 N–H and O–H groups in total. The summed E-state index contributed by atoms with van der Waals surface area (Å²) >= 11 is 0. The van der Waals surface area contributed by atoms with Gasteiger partial charge in [-0.25, -0.2) is 0 Å². The fourth-order valence-corrected chi connectivity index (χ4v) is 2.73. The molecule has 0 fully saturated rings. The predicted molar refractivity (Wildman–Crippen MR) is 87.9 cm³/mol. The first-order chi connectivity index (χ1) is 11.9. The van der Waals surface area contributed by atoms with Gasteiger partial charge in [-0.2, -0.15) is 18.3 Å². The monoisotopic (exact) mass is 350 g/mol. The quantitative estimate of drug-likeness (QED) is 0.619. The van der Waals surface area contributed by atoms with E-state index in [4.69, 9.17) is 5.11 Å². The zero-order valence-electron chi connectivity index (χ0n) is 13.5. The van der Waals surface area contributed by atoms with Gasteiger partial charge in [0.2, 0.25) is 0 Å². The number of pyridine rings is 1. The number of fused-ring (bicyclic) bond motifs is 1. The maximum Gasteiger partial charge on any atom is 0.416 e. The fourth-order valence-electron chi connectivity index (χ4n) is 2.73. The summed E-state index contributed by atoms with van der Waals surface area (Å²) in [6.45, 7) is 2.79. The number of nitrogens with zero attached hydrogens (tertiary/aromatic N) is 2. The molecule has 0 bridgehead atoms. The Bertz CT molecular complexity index is 889. The molecule has 132 valence electrons.